The largest absolute Gasteiger partial charge is 0.494 e. The van der Waals surface area contributed by atoms with Crippen LogP contribution in [0.1, 0.15) is 6.92 Å². The number of benzene rings is 2. The third-order valence-electron chi connectivity index (χ3n) is 4.04. The molecule has 0 radical (unpaired) electrons. The molecule has 4 aromatic rings. The molecule has 0 atom stereocenters. The summed E-state index contributed by atoms with van der Waals surface area (Å²) in [6, 6.07) is 16.9. The Morgan fingerprint density at radius 3 is 2.46 bits per heavy atom. The highest BCUT2D eigenvalue weighted by Crippen LogP contribution is 2.23. The summed E-state index contributed by atoms with van der Waals surface area (Å²) >= 11 is 0. The maximum absolute atomic E-state index is 12.6. The lowest BCUT2D eigenvalue weighted by atomic mass is 10.1. The molecule has 0 bridgehead atoms. The maximum atomic E-state index is 12.6. The van der Waals surface area contributed by atoms with Gasteiger partial charge in [0, 0.05) is 11.3 Å². The summed E-state index contributed by atoms with van der Waals surface area (Å²) in [5, 5.41) is 12.1. The standard InChI is InChI=1S/C19H17N5O3S/c1-2-27-16-7-9-17(10-8-16)28(25,26)23-15-5-3-14(4-6-15)18-11-12-19-21-20-13-24(19)22-18/h3-13,23H,2H2,1H3. The predicted molar refractivity (Wildman–Crippen MR) is 105 cm³/mol. The second kappa shape index (κ2) is 7.28. The minimum Gasteiger partial charge on any atom is -0.494 e. The molecule has 2 aromatic heterocycles. The van der Waals surface area contributed by atoms with E-state index in [1.165, 1.54) is 18.5 Å². The van der Waals surface area contributed by atoms with Crippen LogP contribution in [0.5, 0.6) is 5.75 Å². The first-order valence-corrected chi connectivity index (χ1v) is 10.1. The van der Waals surface area contributed by atoms with Crippen LogP contribution in [0.15, 0.2) is 71.9 Å². The Kier molecular flexibility index (Phi) is 4.66. The SMILES string of the molecule is CCOc1ccc(S(=O)(=O)Nc2ccc(-c3ccc4nncn4n3)cc2)cc1. The average molecular weight is 395 g/mol. The number of rotatable bonds is 6. The summed E-state index contributed by atoms with van der Waals surface area (Å²) in [7, 11) is -3.69. The molecule has 2 aromatic carbocycles. The molecule has 0 spiro atoms. The Hall–Kier alpha value is -3.46. The minimum absolute atomic E-state index is 0.166. The van der Waals surface area contributed by atoms with Crippen LogP contribution in [0.4, 0.5) is 5.69 Å². The highest BCUT2D eigenvalue weighted by Gasteiger charge is 2.14. The Balaban J connectivity index is 1.53. The summed E-state index contributed by atoms with van der Waals surface area (Å²) in [6.45, 7) is 2.39. The van der Waals surface area contributed by atoms with Gasteiger partial charge in [0.15, 0.2) is 5.65 Å². The van der Waals surface area contributed by atoms with E-state index >= 15 is 0 Å². The van der Waals surface area contributed by atoms with Gasteiger partial charge in [0.1, 0.15) is 12.1 Å². The summed E-state index contributed by atoms with van der Waals surface area (Å²) in [5.41, 5.74) is 2.69. The topological polar surface area (TPSA) is 98.5 Å². The fourth-order valence-corrected chi connectivity index (χ4v) is 3.75. The molecule has 4 rings (SSSR count). The normalized spacial score (nSPS) is 11.5. The van der Waals surface area contributed by atoms with Crippen LogP contribution in [0, 0.1) is 0 Å². The summed E-state index contributed by atoms with van der Waals surface area (Å²) in [5.74, 6) is 0.628. The van der Waals surface area contributed by atoms with Crippen LogP contribution in [0.3, 0.4) is 0 Å². The molecule has 2 heterocycles. The highest BCUT2D eigenvalue weighted by atomic mass is 32.2. The van der Waals surface area contributed by atoms with Crippen molar-refractivity contribution >= 4 is 21.4 Å². The van der Waals surface area contributed by atoms with Gasteiger partial charge in [-0.05, 0) is 55.5 Å². The predicted octanol–water partition coefficient (Wildman–Crippen LogP) is 2.99. The zero-order valence-electron chi connectivity index (χ0n) is 15.0. The van der Waals surface area contributed by atoms with E-state index in [4.69, 9.17) is 4.74 Å². The first kappa shape index (κ1) is 17.9. The smallest absolute Gasteiger partial charge is 0.261 e. The Bertz CT molecular complexity index is 1200. The highest BCUT2D eigenvalue weighted by molar-refractivity contribution is 7.92. The van der Waals surface area contributed by atoms with Crippen molar-refractivity contribution in [2.75, 3.05) is 11.3 Å². The zero-order chi connectivity index (χ0) is 19.6. The van der Waals surface area contributed by atoms with Gasteiger partial charge in [-0.15, -0.1) is 10.2 Å². The number of nitrogens with one attached hydrogen (secondary N) is 1. The second-order valence-corrected chi connectivity index (χ2v) is 7.62. The van der Waals surface area contributed by atoms with Crippen LogP contribution in [-0.4, -0.2) is 34.8 Å². The van der Waals surface area contributed by atoms with Gasteiger partial charge in [0.05, 0.1) is 17.2 Å². The van der Waals surface area contributed by atoms with Gasteiger partial charge in [-0.1, -0.05) is 12.1 Å². The van der Waals surface area contributed by atoms with E-state index in [9.17, 15) is 8.42 Å². The first-order valence-electron chi connectivity index (χ1n) is 8.58. The van der Waals surface area contributed by atoms with Crippen LogP contribution >= 0.6 is 0 Å². The average Bonchev–Trinajstić information content (AvgIpc) is 3.17. The van der Waals surface area contributed by atoms with E-state index in [1.807, 2.05) is 19.1 Å². The molecule has 0 unspecified atom stereocenters. The number of hydrogen-bond donors (Lipinski definition) is 1. The Labute approximate surface area is 161 Å². The van der Waals surface area contributed by atoms with Gasteiger partial charge in [-0.25, -0.2) is 8.42 Å². The fourth-order valence-electron chi connectivity index (χ4n) is 2.69. The van der Waals surface area contributed by atoms with Crippen molar-refractivity contribution in [3.63, 3.8) is 0 Å². The van der Waals surface area contributed by atoms with Crippen LogP contribution in [0.2, 0.25) is 0 Å². The third kappa shape index (κ3) is 3.65. The minimum atomic E-state index is -3.69. The number of fused-ring (bicyclic) bond motifs is 1. The van der Waals surface area contributed by atoms with Crippen molar-refractivity contribution in [1.82, 2.24) is 19.8 Å². The fraction of sp³-hybridized carbons (Fsp3) is 0.105. The molecule has 0 saturated heterocycles. The molecule has 8 nitrogen and oxygen atoms in total. The van der Waals surface area contributed by atoms with Crippen LogP contribution in [-0.2, 0) is 10.0 Å². The van der Waals surface area contributed by atoms with E-state index in [0.29, 0.717) is 23.7 Å². The monoisotopic (exact) mass is 395 g/mol. The lowest BCUT2D eigenvalue weighted by Gasteiger charge is -2.10. The lowest BCUT2D eigenvalue weighted by molar-refractivity contribution is 0.340. The molecule has 9 heteroatoms. The maximum Gasteiger partial charge on any atom is 0.261 e. The molecular weight excluding hydrogens is 378 g/mol. The van der Waals surface area contributed by atoms with Gasteiger partial charge in [0.25, 0.3) is 10.0 Å². The number of hydrogen-bond acceptors (Lipinski definition) is 6. The number of nitrogens with zero attached hydrogens (tertiary/aromatic N) is 4. The van der Waals surface area contributed by atoms with Gasteiger partial charge in [-0.2, -0.15) is 9.61 Å². The van der Waals surface area contributed by atoms with Gasteiger partial charge in [-0.3, -0.25) is 4.72 Å². The van der Waals surface area contributed by atoms with Crippen LogP contribution < -0.4 is 9.46 Å². The van der Waals surface area contributed by atoms with E-state index in [0.717, 1.165) is 11.3 Å². The van der Waals surface area contributed by atoms with Crippen molar-refractivity contribution in [2.45, 2.75) is 11.8 Å². The molecule has 0 aliphatic carbocycles. The molecule has 28 heavy (non-hydrogen) atoms. The lowest BCUT2D eigenvalue weighted by Crippen LogP contribution is -2.12. The van der Waals surface area contributed by atoms with Crippen molar-refractivity contribution in [2.24, 2.45) is 0 Å². The number of anilines is 1. The quantitative estimate of drug-likeness (QED) is 0.539. The van der Waals surface area contributed by atoms with E-state index in [1.54, 1.807) is 40.9 Å². The molecule has 1 N–H and O–H groups in total. The van der Waals surface area contributed by atoms with E-state index < -0.39 is 10.0 Å². The summed E-state index contributed by atoms with van der Waals surface area (Å²) in [4.78, 5) is 0.166. The number of sulfonamides is 1. The van der Waals surface area contributed by atoms with Crippen molar-refractivity contribution < 1.29 is 13.2 Å². The molecule has 142 valence electrons. The van der Waals surface area contributed by atoms with E-state index in [2.05, 4.69) is 20.0 Å². The summed E-state index contributed by atoms with van der Waals surface area (Å²) in [6.07, 6.45) is 1.53. The van der Waals surface area contributed by atoms with Crippen molar-refractivity contribution in [3.8, 4) is 17.0 Å². The first-order chi connectivity index (χ1) is 13.5. The Morgan fingerprint density at radius 2 is 1.75 bits per heavy atom. The van der Waals surface area contributed by atoms with Gasteiger partial charge >= 0.3 is 0 Å². The molecule has 0 saturated carbocycles. The third-order valence-corrected chi connectivity index (χ3v) is 5.44. The molecule has 0 aliphatic rings. The number of ether oxygens (including phenoxy) is 1. The Morgan fingerprint density at radius 1 is 1.00 bits per heavy atom. The van der Waals surface area contributed by atoms with Crippen LogP contribution in [0.25, 0.3) is 16.9 Å². The molecule has 0 fully saturated rings. The summed E-state index contributed by atoms with van der Waals surface area (Å²) < 4.78 is 34.6. The van der Waals surface area contributed by atoms with Gasteiger partial charge in [0.2, 0.25) is 0 Å². The van der Waals surface area contributed by atoms with E-state index in [-0.39, 0.29) is 4.90 Å². The molecular formula is C19H17N5O3S. The number of aromatic nitrogens is 4. The van der Waals surface area contributed by atoms with Gasteiger partial charge < -0.3 is 4.74 Å². The molecule has 0 aliphatic heterocycles. The van der Waals surface area contributed by atoms with Crippen molar-refractivity contribution in [1.29, 1.82) is 0 Å². The second-order valence-electron chi connectivity index (χ2n) is 5.94. The van der Waals surface area contributed by atoms with Crippen molar-refractivity contribution in [3.05, 3.63) is 67.0 Å². The molecule has 0 amide bonds. The zero-order valence-corrected chi connectivity index (χ0v) is 15.8.